The van der Waals surface area contributed by atoms with Crippen LogP contribution in [-0.2, 0) is 30.5 Å². The van der Waals surface area contributed by atoms with Crippen LogP contribution in [0.4, 0.5) is 0 Å². The fraction of sp³-hybridized carbons (Fsp3) is 0.400. The fourth-order valence-corrected chi connectivity index (χ4v) is 8.50. The maximum atomic E-state index is 6.84. The molecule has 3 heterocycles. The Morgan fingerprint density at radius 1 is 0.527 bits per heavy atom. The summed E-state index contributed by atoms with van der Waals surface area (Å²) in [5.41, 5.74) is 5.78. The minimum Gasteiger partial charge on any atom is -0.399 e. The zero-order chi connectivity index (χ0) is 38.6. The molecule has 0 bridgehead atoms. The first-order chi connectivity index (χ1) is 26.2. The molecule has 1 atom stereocenters. The van der Waals surface area contributed by atoms with Crippen LogP contribution in [0.1, 0.15) is 97.3 Å². The van der Waals surface area contributed by atoms with Crippen LogP contribution in [0.25, 0.3) is 22.8 Å². The van der Waals surface area contributed by atoms with Gasteiger partial charge in [0.2, 0.25) is 5.28 Å². The summed E-state index contributed by atoms with van der Waals surface area (Å²) >= 11 is 6.33. The minimum absolute atomic E-state index is 0.0433. The quantitative estimate of drug-likeness (QED) is 0.147. The van der Waals surface area contributed by atoms with Gasteiger partial charge < -0.3 is 18.6 Å². The van der Waals surface area contributed by atoms with Crippen molar-refractivity contribution >= 4 is 36.8 Å². The van der Waals surface area contributed by atoms with Crippen molar-refractivity contribution in [1.82, 2.24) is 15.0 Å². The van der Waals surface area contributed by atoms with E-state index < -0.39 is 18.3 Å². The topological polar surface area (TPSA) is 75.6 Å². The molecule has 1 aromatic heterocycles. The second kappa shape index (κ2) is 14.3. The lowest BCUT2D eigenvalue weighted by molar-refractivity contribution is -0.00876. The van der Waals surface area contributed by atoms with Crippen LogP contribution in [0.15, 0.2) is 103 Å². The molecule has 5 aromatic rings. The molecular weight excluding hydrogens is 704 g/mol. The first-order valence-electron chi connectivity index (χ1n) is 19.7. The highest BCUT2D eigenvalue weighted by atomic mass is 35.5. The van der Waals surface area contributed by atoms with Gasteiger partial charge in [0.15, 0.2) is 11.6 Å². The first kappa shape index (κ1) is 38.0. The van der Waals surface area contributed by atoms with Gasteiger partial charge in [0.1, 0.15) is 0 Å². The highest BCUT2D eigenvalue weighted by Crippen LogP contribution is 2.45. The molecular formula is C45H50B2ClN3O4. The van der Waals surface area contributed by atoms with Crippen molar-refractivity contribution < 1.29 is 18.6 Å². The zero-order valence-electron chi connectivity index (χ0n) is 33.1. The van der Waals surface area contributed by atoms with Gasteiger partial charge in [0, 0.05) is 23.0 Å². The van der Waals surface area contributed by atoms with Crippen LogP contribution in [0.5, 0.6) is 0 Å². The summed E-state index contributed by atoms with van der Waals surface area (Å²) in [7, 11) is -0.838. The standard InChI is InChI=1S/C45H50B2ClN3O4/c1-41(2)42(3,4)53-46(52-41)36-24-20-34(21-25-36)45(28-12-9-13-29-45)35-22-26-37(27-23-35)47-54-43(5,6)44(7,55-47)30-31-16-18-33(19-17-31)39-49-38(50-40(48)51-39)32-14-10-8-11-15-32/h8,10-11,14-27H,9,12-13,28-30H2,1-7H3. The van der Waals surface area contributed by atoms with E-state index in [1.807, 2.05) is 42.5 Å². The van der Waals surface area contributed by atoms with Gasteiger partial charge in [0.05, 0.1) is 22.4 Å². The molecule has 282 valence electrons. The van der Waals surface area contributed by atoms with Crippen LogP contribution in [0.2, 0.25) is 5.28 Å². The van der Waals surface area contributed by atoms with Crippen LogP contribution >= 0.6 is 11.6 Å². The third kappa shape index (κ3) is 7.19. The third-order valence-corrected chi connectivity index (χ3v) is 13.0. The molecule has 1 aliphatic carbocycles. The van der Waals surface area contributed by atoms with Crippen LogP contribution < -0.4 is 10.9 Å². The van der Waals surface area contributed by atoms with Gasteiger partial charge >= 0.3 is 14.2 Å². The van der Waals surface area contributed by atoms with E-state index in [1.54, 1.807) is 0 Å². The predicted molar refractivity (Wildman–Crippen MR) is 222 cm³/mol. The van der Waals surface area contributed by atoms with Crippen molar-refractivity contribution in [1.29, 1.82) is 0 Å². The summed E-state index contributed by atoms with van der Waals surface area (Å²) in [6.45, 7) is 14.8. The predicted octanol–water partition coefficient (Wildman–Crippen LogP) is 8.93. The summed E-state index contributed by atoms with van der Waals surface area (Å²) in [5, 5.41) is 0.166. The van der Waals surface area contributed by atoms with Gasteiger partial charge in [-0.2, -0.15) is 9.97 Å². The Morgan fingerprint density at radius 3 is 1.53 bits per heavy atom. The molecule has 55 heavy (non-hydrogen) atoms. The summed E-state index contributed by atoms with van der Waals surface area (Å²) in [6.07, 6.45) is 6.61. The van der Waals surface area contributed by atoms with Gasteiger partial charge in [-0.15, -0.1) is 0 Å². The van der Waals surface area contributed by atoms with E-state index in [9.17, 15) is 0 Å². The second-order valence-electron chi connectivity index (χ2n) is 17.3. The van der Waals surface area contributed by atoms with Crippen molar-refractivity contribution in [2.75, 3.05) is 0 Å². The molecule has 0 N–H and O–H groups in total. The minimum atomic E-state index is -0.571. The van der Waals surface area contributed by atoms with Crippen LogP contribution in [-0.4, -0.2) is 51.6 Å². The monoisotopic (exact) mass is 753 g/mol. The Labute approximate surface area is 331 Å². The Morgan fingerprint density at radius 2 is 1.00 bits per heavy atom. The molecule has 7 nitrogen and oxygen atoms in total. The number of benzene rings is 4. The molecule has 1 unspecified atom stereocenters. The number of halogens is 1. The normalized spacial score (nSPS) is 22.5. The van der Waals surface area contributed by atoms with Crippen LogP contribution in [0, 0.1) is 0 Å². The molecule has 10 heteroatoms. The summed E-state index contributed by atoms with van der Waals surface area (Å²) in [4.78, 5) is 13.5. The Kier molecular flexibility index (Phi) is 9.87. The largest absolute Gasteiger partial charge is 0.494 e. The average molecular weight is 754 g/mol. The SMILES string of the molecule is CC1(C)OB(c2ccc(C3(c4ccc(B5OC(C)(C)C(C)(Cc6ccc(-c7nc(Cl)nc(-c8ccccc8)n7)cc6)O5)cc4)CCCCC3)cc2)OC1(C)C. The fourth-order valence-electron chi connectivity index (χ4n) is 8.34. The highest BCUT2D eigenvalue weighted by Gasteiger charge is 2.55. The summed E-state index contributed by atoms with van der Waals surface area (Å²) < 4.78 is 26.2. The molecule has 4 aromatic carbocycles. The lowest BCUT2D eigenvalue weighted by atomic mass is 9.64. The van der Waals surface area contributed by atoms with Gasteiger partial charge in [-0.25, -0.2) is 4.98 Å². The lowest BCUT2D eigenvalue weighted by Gasteiger charge is -2.39. The van der Waals surface area contributed by atoms with Crippen molar-refractivity contribution in [2.24, 2.45) is 0 Å². The molecule has 8 rings (SSSR count). The van der Waals surface area contributed by atoms with Crippen molar-refractivity contribution in [3.8, 4) is 22.8 Å². The molecule has 0 spiro atoms. The van der Waals surface area contributed by atoms with E-state index >= 15 is 0 Å². The van der Waals surface area contributed by atoms with Crippen LogP contribution in [0.3, 0.4) is 0 Å². The Bertz CT molecular complexity index is 2120. The highest BCUT2D eigenvalue weighted by molar-refractivity contribution is 6.62. The number of nitrogens with zero attached hydrogens (tertiary/aromatic N) is 3. The number of hydrogen-bond acceptors (Lipinski definition) is 7. The van der Waals surface area contributed by atoms with E-state index in [0.717, 1.165) is 40.5 Å². The lowest BCUT2D eigenvalue weighted by Crippen LogP contribution is -2.46. The number of rotatable bonds is 8. The summed E-state index contributed by atoms with van der Waals surface area (Å²) in [5.74, 6) is 1.08. The third-order valence-electron chi connectivity index (χ3n) is 12.9. The molecule has 3 fully saturated rings. The van der Waals surface area contributed by atoms with Gasteiger partial charge in [-0.3, -0.25) is 0 Å². The average Bonchev–Trinajstić information content (AvgIpc) is 3.55. The molecule has 2 aliphatic heterocycles. The van der Waals surface area contributed by atoms with Crippen molar-refractivity contribution in [2.45, 2.75) is 115 Å². The van der Waals surface area contributed by atoms with E-state index in [0.29, 0.717) is 18.1 Å². The first-order valence-corrected chi connectivity index (χ1v) is 20.0. The smallest absolute Gasteiger partial charge is 0.399 e. The van der Waals surface area contributed by atoms with Gasteiger partial charge in [-0.1, -0.05) is 122 Å². The van der Waals surface area contributed by atoms with E-state index in [2.05, 4.69) is 119 Å². The number of aromatic nitrogens is 3. The molecule has 0 amide bonds. The Hall–Kier alpha value is -3.85. The number of hydrogen-bond donors (Lipinski definition) is 0. The van der Waals surface area contributed by atoms with Gasteiger partial charge in [-0.05, 0) is 101 Å². The van der Waals surface area contributed by atoms with Gasteiger partial charge in [0.25, 0.3) is 0 Å². The maximum absolute atomic E-state index is 6.84. The molecule has 2 saturated heterocycles. The summed E-state index contributed by atoms with van der Waals surface area (Å²) in [6, 6.07) is 36.1. The maximum Gasteiger partial charge on any atom is 0.494 e. The van der Waals surface area contributed by atoms with E-state index in [4.69, 9.17) is 35.2 Å². The molecule has 1 saturated carbocycles. The Balaban J connectivity index is 0.981. The van der Waals surface area contributed by atoms with Crippen molar-refractivity contribution in [3.05, 3.63) is 125 Å². The van der Waals surface area contributed by atoms with E-state index in [-0.39, 0.29) is 29.0 Å². The second-order valence-corrected chi connectivity index (χ2v) is 17.6. The van der Waals surface area contributed by atoms with Crippen molar-refractivity contribution in [3.63, 3.8) is 0 Å². The zero-order valence-corrected chi connectivity index (χ0v) is 33.8. The van der Waals surface area contributed by atoms with E-state index in [1.165, 1.54) is 30.4 Å². The molecule has 0 radical (unpaired) electrons. The molecule has 3 aliphatic rings.